The molecular formula is C19H14F2N2. The van der Waals surface area contributed by atoms with Crippen LogP contribution in [-0.2, 0) is 6.42 Å². The summed E-state index contributed by atoms with van der Waals surface area (Å²) >= 11 is 0. The first-order valence-electron chi connectivity index (χ1n) is 7.49. The van der Waals surface area contributed by atoms with Gasteiger partial charge in [-0.3, -0.25) is 4.98 Å². The second kappa shape index (κ2) is 5.47. The predicted octanol–water partition coefficient (Wildman–Crippen LogP) is 4.72. The molecule has 114 valence electrons. The molecule has 0 fully saturated rings. The van der Waals surface area contributed by atoms with Gasteiger partial charge in [-0.2, -0.15) is 0 Å². The average Bonchev–Trinajstić information content (AvgIpc) is 2.99. The van der Waals surface area contributed by atoms with Crippen LogP contribution in [-0.4, -0.2) is 11.5 Å². The number of hydrogen-bond donors (Lipinski definition) is 0. The Morgan fingerprint density at radius 1 is 0.957 bits per heavy atom. The summed E-state index contributed by atoms with van der Waals surface area (Å²) in [6, 6.07) is 15.6. The zero-order valence-corrected chi connectivity index (χ0v) is 12.3. The fraction of sp³-hybridized carbons (Fsp3) is 0.105. The van der Waals surface area contributed by atoms with Crippen molar-refractivity contribution in [1.29, 1.82) is 0 Å². The molecule has 0 amide bonds. The maximum absolute atomic E-state index is 14.0. The Balaban J connectivity index is 1.75. The Hall–Kier alpha value is -2.75. The van der Waals surface area contributed by atoms with Crippen LogP contribution in [0.15, 0.2) is 60.8 Å². The van der Waals surface area contributed by atoms with E-state index in [1.54, 1.807) is 6.20 Å². The Kier molecular flexibility index (Phi) is 3.30. The molecular weight excluding hydrogens is 294 g/mol. The van der Waals surface area contributed by atoms with Crippen molar-refractivity contribution in [3.8, 4) is 11.3 Å². The number of fused-ring (bicyclic) bond motifs is 1. The van der Waals surface area contributed by atoms with Crippen molar-refractivity contribution in [2.45, 2.75) is 6.42 Å². The van der Waals surface area contributed by atoms with Crippen LogP contribution in [0.4, 0.5) is 20.2 Å². The van der Waals surface area contributed by atoms with Gasteiger partial charge >= 0.3 is 0 Å². The number of halogens is 2. The molecule has 0 atom stereocenters. The van der Waals surface area contributed by atoms with Crippen LogP contribution in [0, 0.1) is 11.6 Å². The van der Waals surface area contributed by atoms with E-state index < -0.39 is 11.6 Å². The minimum Gasteiger partial charge on any atom is -0.341 e. The lowest BCUT2D eigenvalue weighted by molar-refractivity contribution is 0.585. The second-order valence-electron chi connectivity index (χ2n) is 5.55. The first kappa shape index (κ1) is 13.9. The molecule has 4 heteroatoms. The van der Waals surface area contributed by atoms with Gasteiger partial charge in [-0.25, -0.2) is 8.78 Å². The summed E-state index contributed by atoms with van der Waals surface area (Å²) in [5, 5.41) is 0. The fourth-order valence-corrected chi connectivity index (χ4v) is 3.04. The van der Waals surface area contributed by atoms with Crippen molar-refractivity contribution in [1.82, 2.24) is 4.98 Å². The van der Waals surface area contributed by atoms with Crippen molar-refractivity contribution < 1.29 is 8.78 Å². The van der Waals surface area contributed by atoms with Crippen LogP contribution in [0.5, 0.6) is 0 Å². The molecule has 3 aromatic rings. The van der Waals surface area contributed by atoms with Gasteiger partial charge in [0, 0.05) is 35.7 Å². The van der Waals surface area contributed by atoms with E-state index in [4.69, 9.17) is 0 Å². The van der Waals surface area contributed by atoms with Gasteiger partial charge in [-0.15, -0.1) is 0 Å². The molecule has 4 rings (SSSR count). The van der Waals surface area contributed by atoms with E-state index >= 15 is 0 Å². The van der Waals surface area contributed by atoms with E-state index in [2.05, 4.69) is 22.0 Å². The fourth-order valence-electron chi connectivity index (χ4n) is 3.04. The van der Waals surface area contributed by atoms with Crippen LogP contribution in [0.25, 0.3) is 11.3 Å². The lowest BCUT2D eigenvalue weighted by atomic mass is 10.1. The van der Waals surface area contributed by atoms with Crippen molar-refractivity contribution >= 4 is 11.4 Å². The predicted molar refractivity (Wildman–Crippen MR) is 86.7 cm³/mol. The molecule has 0 bridgehead atoms. The van der Waals surface area contributed by atoms with E-state index in [9.17, 15) is 8.78 Å². The summed E-state index contributed by atoms with van der Waals surface area (Å²) in [4.78, 5) is 6.43. The van der Waals surface area contributed by atoms with E-state index in [1.165, 1.54) is 23.4 Å². The van der Waals surface area contributed by atoms with Crippen LogP contribution < -0.4 is 4.90 Å². The highest BCUT2D eigenvalue weighted by molar-refractivity contribution is 5.73. The number of benzene rings is 2. The monoisotopic (exact) mass is 308 g/mol. The number of hydrogen-bond acceptors (Lipinski definition) is 2. The molecule has 2 heterocycles. The number of pyridine rings is 1. The Morgan fingerprint density at radius 2 is 1.83 bits per heavy atom. The summed E-state index contributed by atoms with van der Waals surface area (Å²) in [6.45, 7) is 0.884. The quantitative estimate of drug-likeness (QED) is 0.681. The molecule has 0 N–H and O–H groups in total. The molecule has 0 spiro atoms. The first-order valence-corrected chi connectivity index (χ1v) is 7.49. The first-order chi connectivity index (χ1) is 11.2. The summed E-state index contributed by atoms with van der Waals surface area (Å²) in [7, 11) is 0. The molecule has 2 aromatic carbocycles. The minimum absolute atomic E-state index is 0.306. The van der Waals surface area contributed by atoms with Crippen molar-refractivity contribution in [2.75, 3.05) is 11.4 Å². The van der Waals surface area contributed by atoms with Gasteiger partial charge in [0.2, 0.25) is 0 Å². The van der Waals surface area contributed by atoms with Gasteiger partial charge in [0.15, 0.2) is 0 Å². The van der Waals surface area contributed by atoms with Crippen molar-refractivity contribution in [2.24, 2.45) is 0 Å². The molecule has 1 aliphatic rings. The smallest absolute Gasteiger partial charge is 0.135 e. The average molecular weight is 308 g/mol. The standard InChI is InChI=1S/C19H14F2N2/c20-14-5-6-16(17(21)11-14)18-12-15(7-9-22-18)23-10-8-13-3-1-2-4-19(13)23/h1-7,9,11-12H,8,10H2. The van der Waals surface area contributed by atoms with Crippen molar-refractivity contribution in [3.63, 3.8) is 0 Å². The third kappa shape index (κ3) is 2.46. The highest BCUT2D eigenvalue weighted by Gasteiger charge is 2.20. The molecule has 0 saturated heterocycles. The van der Waals surface area contributed by atoms with Crippen molar-refractivity contribution in [3.05, 3.63) is 78.0 Å². The van der Waals surface area contributed by atoms with Gasteiger partial charge in [-0.1, -0.05) is 18.2 Å². The molecule has 0 saturated carbocycles. The van der Waals surface area contributed by atoms with Gasteiger partial charge < -0.3 is 4.90 Å². The van der Waals surface area contributed by atoms with E-state index in [0.717, 1.165) is 24.7 Å². The molecule has 1 aliphatic heterocycles. The zero-order valence-electron chi connectivity index (χ0n) is 12.3. The summed E-state index contributed by atoms with van der Waals surface area (Å²) in [6.07, 6.45) is 2.65. The van der Waals surface area contributed by atoms with Gasteiger partial charge in [0.1, 0.15) is 11.6 Å². The number of nitrogens with zero attached hydrogens (tertiary/aromatic N) is 2. The molecule has 2 nitrogen and oxygen atoms in total. The van der Waals surface area contributed by atoms with E-state index in [0.29, 0.717) is 11.3 Å². The van der Waals surface area contributed by atoms with Gasteiger partial charge in [-0.05, 0) is 42.3 Å². The molecule has 23 heavy (non-hydrogen) atoms. The Morgan fingerprint density at radius 3 is 2.70 bits per heavy atom. The Bertz CT molecular complexity index is 877. The minimum atomic E-state index is -0.600. The topological polar surface area (TPSA) is 16.1 Å². The third-order valence-corrected chi connectivity index (χ3v) is 4.15. The van der Waals surface area contributed by atoms with Crippen LogP contribution in [0.1, 0.15) is 5.56 Å². The number of para-hydroxylation sites is 1. The Labute approximate surface area is 133 Å². The third-order valence-electron chi connectivity index (χ3n) is 4.15. The van der Waals surface area contributed by atoms with Crippen LogP contribution in [0.3, 0.4) is 0 Å². The van der Waals surface area contributed by atoms with Gasteiger partial charge in [0.25, 0.3) is 0 Å². The second-order valence-corrected chi connectivity index (χ2v) is 5.55. The lowest BCUT2D eigenvalue weighted by Gasteiger charge is -2.20. The van der Waals surface area contributed by atoms with E-state index in [1.807, 2.05) is 24.3 Å². The molecule has 0 unspecified atom stereocenters. The largest absolute Gasteiger partial charge is 0.341 e. The maximum atomic E-state index is 14.0. The molecule has 0 radical (unpaired) electrons. The summed E-state index contributed by atoms with van der Waals surface area (Å²) in [5.41, 5.74) is 4.25. The number of rotatable bonds is 2. The summed E-state index contributed by atoms with van der Waals surface area (Å²) in [5.74, 6) is -1.19. The molecule has 1 aromatic heterocycles. The van der Waals surface area contributed by atoms with Crippen LogP contribution in [0.2, 0.25) is 0 Å². The number of aromatic nitrogens is 1. The maximum Gasteiger partial charge on any atom is 0.135 e. The lowest BCUT2D eigenvalue weighted by Crippen LogP contribution is -2.13. The van der Waals surface area contributed by atoms with Gasteiger partial charge in [0.05, 0.1) is 5.69 Å². The highest BCUT2D eigenvalue weighted by atomic mass is 19.1. The number of anilines is 2. The zero-order chi connectivity index (χ0) is 15.8. The van der Waals surface area contributed by atoms with Crippen LogP contribution >= 0.6 is 0 Å². The summed E-state index contributed by atoms with van der Waals surface area (Å²) < 4.78 is 27.1. The molecule has 0 aliphatic carbocycles. The normalized spacial score (nSPS) is 13.2. The SMILES string of the molecule is Fc1ccc(-c2cc(N3CCc4ccccc43)ccn2)c(F)c1. The highest BCUT2D eigenvalue weighted by Crippen LogP contribution is 2.35. The van der Waals surface area contributed by atoms with E-state index in [-0.39, 0.29) is 0 Å².